The highest BCUT2D eigenvalue weighted by atomic mass is 32.2. The van der Waals surface area contributed by atoms with Crippen LogP contribution < -0.4 is 5.32 Å². The molecule has 0 unspecified atom stereocenters. The van der Waals surface area contributed by atoms with E-state index < -0.39 is 10.0 Å². The number of nitrogens with zero attached hydrogens (tertiary/aromatic N) is 3. The van der Waals surface area contributed by atoms with E-state index in [9.17, 15) is 8.42 Å². The second kappa shape index (κ2) is 7.01. The number of hydrogen-bond donors (Lipinski definition) is 1. The first-order valence-electron chi connectivity index (χ1n) is 7.03. The van der Waals surface area contributed by atoms with Gasteiger partial charge in [-0.1, -0.05) is 19.1 Å². The average Bonchev–Trinajstić information content (AvgIpc) is 2.94. The maximum atomic E-state index is 12.4. The zero-order valence-electron chi connectivity index (χ0n) is 11.8. The zero-order chi connectivity index (χ0) is 14.4. The summed E-state index contributed by atoms with van der Waals surface area (Å²) in [5.41, 5.74) is 0. The maximum absolute atomic E-state index is 12.4. The van der Waals surface area contributed by atoms with E-state index in [2.05, 4.69) is 17.3 Å². The van der Waals surface area contributed by atoms with Crippen molar-refractivity contribution < 1.29 is 8.42 Å². The molecular formula is C13H22N4O2S. The molecule has 0 saturated heterocycles. The van der Waals surface area contributed by atoms with E-state index in [0.29, 0.717) is 19.6 Å². The fraction of sp³-hybridized carbons (Fsp3) is 0.615. The van der Waals surface area contributed by atoms with Crippen LogP contribution in [0.2, 0.25) is 0 Å². The van der Waals surface area contributed by atoms with Gasteiger partial charge in [-0.2, -0.15) is 9.40 Å². The highest BCUT2D eigenvalue weighted by Crippen LogP contribution is 2.17. The molecular weight excluding hydrogens is 276 g/mol. The second-order valence-corrected chi connectivity index (χ2v) is 6.75. The topological polar surface area (TPSA) is 67.2 Å². The van der Waals surface area contributed by atoms with Gasteiger partial charge in [-0.3, -0.25) is 4.68 Å². The Kier molecular flexibility index (Phi) is 5.33. The molecule has 0 aliphatic carbocycles. The molecule has 1 N–H and O–H groups in total. The first-order chi connectivity index (χ1) is 9.64. The van der Waals surface area contributed by atoms with Gasteiger partial charge in [0.15, 0.2) is 0 Å². The number of sulfonamides is 1. The van der Waals surface area contributed by atoms with Crippen LogP contribution in [0.15, 0.2) is 29.4 Å². The van der Waals surface area contributed by atoms with Gasteiger partial charge < -0.3 is 5.32 Å². The lowest BCUT2D eigenvalue weighted by atomic mass is 10.3. The van der Waals surface area contributed by atoms with Crippen LogP contribution in [-0.2, 0) is 16.6 Å². The third kappa shape index (κ3) is 3.68. The van der Waals surface area contributed by atoms with Crippen molar-refractivity contribution in [3.63, 3.8) is 0 Å². The Bertz CT molecular complexity index is 550. The predicted molar refractivity (Wildman–Crippen MR) is 77.9 cm³/mol. The Morgan fingerprint density at radius 3 is 2.90 bits per heavy atom. The molecule has 0 aromatic carbocycles. The van der Waals surface area contributed by atoms with Gasteiger partial charge in [-0.05, 0) is 19.4 Å². The SMILES string of the molecule is CCCNCCn1cc(S(=O)(=O)N2CC=CCC2)cn1. The maximum Gasteiger partial charge on any atom is 0.246 e. The minimum atomic E-state index is -3.40. The minimum Gasteiger partial charge on any atom is -0.315 e. The molecule has 0 amide bonds. The summed E-state index contributed by atoms with van der Waals surface area (Å²) in [6, 6.07) is 0. The molecule has 0 saturated carbocycles. The Morgan fingerprint density at radius 2 is 2.20 bits per heavy atom. The van der Waals surface area contributed by atoms with Gasteiger partial charge in [0, 0.05) is 25.8 Å². The first-order valence-corrected chi connectivity index (χ1v) is 8.47. The van der Waals surface area contributed by atoms with Crippen molar-refractivity contribution >= 4 is 10.0 Å². The number of aromatic nitrogens is 2. The molecule has 7 heteroatoms. The van der Waals surface area contributed by atoms with Crippen molar-refractivity contribution in [1.82, 2.24) is 19.4 Å². The largest absolute Gasteiger partial charge is 0.315 e. The van der Waals surface area contributed by atoms with E-state index in [1.165, 1.54) is 10.5 Å². The Hall–Kier alpha value is -1.18. The summed E-state index contributed by atoms with van der Waals surface area (Å²) in [7, 11) is -3.40. The quantitative estimate of drug-likeness (QED) is 0.598. The van der Waals surface area contributed by atoms with Crippen molar-refractivity contribution in [3.8, 4) is 0 Å². The Morgan fingerprint density at radius 1 is 1.35 bits per heavy atom. The lowest BCUT2D eigenvalue weighted by molar-refractivity contribution is 0.437. The number of hydrogen-bond acceptors (Lipinski definition) is 4. The van der Waals surface area contributed by atoms with E-state index in [0.717, 1.165) is 25.9 Å². The zero-order valence-corrected chi connectivity index (χ0v) is 12.6. The summed E-state index contributed by atoms with van der Waals surface area (Å²) in [6.45, 7) is 5.54. The summed E-state index contributed by atoms with van der Waals surface area (Å²) >= 11 is 0. The average molecular weight is 298 g/mol. The van der Waals surface area contributed by atoms with Crippen LogP contribution in [0.5, 0.6) is 0 Å². The van der Waals surface area contributed by atoms with Gasteiger partial charge in [-0.25, -0.2) is 8.42 Å². The number of rotatable bonds is 7. The first kappa shape index (κ1) is 15.2. The molecule has 0 fully saturated rings. The monoisotopic (exact) mass is 298 g/mol. The normalized spacial score (nSPS) is 16.6. The van der Waals surface area contributed by atoms with E-state index >= 15 is 0 Å². The van der Waals surface area contributed by atoms with Gasteiger partial charge in [0.05, 0.1) is 12.7 Å². The van der Waals surface area contributed by atoms with Gasteiger partial charge in [0.25, 0.3) is 0 Å². The summed E-state index contributed by atoms with van der Waals surface area (Å²) in [4.78, 5) is 0.281. The van der Waals surface area contributed by atoms with E-state index in [-0.39, 0.29) is 4.90 Å². The molecule has 0 bridgehead atoms. The van der Waals surface area contributed by atoms with Gasteiger partial charge >= 0.3 is 0 Å². The highest BCUT2D eigenvalue weighted by Gasteiger charge is 2.25. The highest BCUT2D eigenvalue weighted by molar-refractivity contribution is 7.89. The van der Waals surface area contributed by atoms with Gasteiger partial charge in [-0.15, -0.1) is 0 Å². The molecule has 1 aromatic rings. The molecule has 1 aromatic heterocycles. The molecule has 0 spiro atoms. The van der Waals surface area contributed by atoms with Gasteiger partial charge in [0.2, 0.25) is 10.0 Å². The van der Waals surface area contributed by atoms with Crippen LogP contribution in [0, 0.1) is 0 Å². The number of nitrogens with one attached hydrogen (secondary N) is 1. The third-order valence-corrected chi connectivity index (χ3v) is 5.03. The summed E-state index contributed by atoms with van der Waals surface area (Å²) < 4.78 is 28.0. The van der Waals surface area contributed by atoms with Crippen LogP contribution in [0.3, 0.4) is 0 Å². The minimum absolute atomic E-state index is 0.281. The Balaban J connectivity index is 1.98. The molecule has 6 nitrogen and oxygen atoms in total. The molecule has 0 atom stereocenters. The van der Waals surface area contributed by atoms with Crippen molar-refractivity contribution in [3.05, 3.63) is 24.5 Å². The molecule has 1 aliphatic rings. The van der Waals surface area contributed by atoms with Gasteiger partial charge in [0.1, 0.15) is 4.90 Å². The van der Waals surface area contributed by atoms with E-state index in [4.69, 9.17) is 0 Å². The molecule has 2 rings (SSSR count). The molecule has 1 aliphatic heterocycles. The van der Waals surface area contributed by atoms with Crippen LogP contribution in [-0.4, -0.2) is 48.7 Å². The van der Waals surface area contributed by atoms with Crippen molar-refractivity contribution in [2.75, 3.05) is 26.2 Å². The predicted octanol–water partition coefficient (Wildman–Crippen LogP) is 0.833. The fourth-order valence-electron chi connectivity index (χ4n) is 2.08. The van der Waals surface area contributed by atoms with Crippen molar-refractivity contribution in [2.45, 2.75) is 31.2 Å². The third-order valence-electron chi connectivity index (χ3n) is 3.21. The molecule has 112 valence electrons. The Labute approximate surface area is 120 Å². The van der Waals surface area contributed by atoms with Crippen LogP contribution in [0.4, 0.5) is 0 Å². The van der Waals surface area contributed by atoms with Crippen LogP contribution >= 0.6 is 0 Å². The molecule has 2 heterocycles. The summed E-state index contributed by atoms with van der Waals surface area (Å²) in [6.07, 6.45) is 8.80. The van der Waals surface area contributed by atoms with Crippen LogP contribution in [0.1, 0.15) is 19.8 Å². The summed E-state index contributed by atoms with van der Waals surface area (Å²) in [5, 5.41) is 7.39. The molecule has 0 radical (unpaired) electrons. The van der Waals surface area contributed by atoms with E-state index in [1.807, 2.05) is 12.2 Å². The molecule has 20 heavy (non-hydrogen) atoms. The van der Waals surface area contributed by atoms with Crippen molar-refractivity contribution in [2.24, 2.45) is 0 Å². The van der Waals surface area contributed by atoms with E-state index in [1.54, 1.807) is 10.9 Å². The van der Waals surface area contributed by atoms with Crippen molar-refractivity contribution in [1.29, 1.82) is 0 Å². The standard InChI is InChI=1S/C13H22N4O2S/c1-2-6-14-7-10-16-12-13(11-15-16)20(18,19)17-8-4-3-5-9-17/h3-4,11-12,14H,2,5-10H2,1H3. The summed E-state index contributed by atoms with van der Waals surface area (Å²) in [5.74, 6) is 0. The smallest absolute Gasteiger partial charge is 0.246 e. The lowest BCUT2D eigenvalue weighted by Gasteiger charge is -2.21. The second-order valence-electron chi connectivity index (χ2n) is 4.81. The lowest BCUT2D eigenvalue weighted by Crippen LogP contribution is -2.33. The fourth-order valence-corrected chi connectivity index (χ4v) is 3.44. The van der Waals surface area contributed by atoms with Crippen LogP contribution in [0.25, 0.3) is 0 Å².